The van der Waals surface area contributed by atoms with E-state index in [4.69, 9.17) is 4.42 Å². The van der Waals surface area contributed by atoms with Gasteiger partial charge in [0, 0.05) is 33.1 Å². The van der Waals surface area contributed by atoms with Crippen molar-refractivity contribution < 1.29 is 4.42 Å². The smallest absolute Gasteiger partial charge is 0.143 e. The van der Waals surface area contributed by atoms with E-state index in [1.54, 1.807) is 0 Å². The molecule has 64 heavy (non-hydrogen) atoms. The summed E-state index contributed by atoms with van der Waals surface area (Å²) in [5.74, 6) is 0. The SMILES string of the molecule is c1ccc(-c2ccccc2-c2ccccc2-c2ccccc2-c2ccc(N(c3cccc(-c4cccc5c4oc4ccccc45)c3)c3cc4ccccc4c4ccccc34)cc2)cc1. The first-order valence-electron chi connectivity index (χ1n) is 21.9. The lowest BCUT2D eigenvalue weighted by Gasteiger charge is -2.28. The molecule has 0 amide bonds. The number of rotatable bonds is 8. The summed E-state index contributed by atoms with van der Waals surface area (Å²) in [6, 6.07) is 89.7. The molecule has 0 saturated heterocycles. The topological polar surface area (TPSA) is 16.4 Å². The number of hydrogen-bond donors (Lipinski definition) is 0. The van der Waals surface area contributed by atoms with E-state index in [-0.39, 0.29) is 0 Å². The van der Waals surface area contributed by atoms with Crippen LogP contribution in [0.1, 0.15) is 0 Å². The van der Waals surface area contributed by atoms with E-state index in [1.165, 1.54) is 60.5 Å². The fraction of sp³-hybridized carbons (Fsp3) is 0. The third kappa shape index (κ3) is 6.44. The number of furan rings is 1. The molecule has 1 heterocycles. The maximum Gasteiger partial charge on any atom is 0.143 e. The Bertz CT molecular complexity index is 3670. The van der Waals surface area contributed by atoms with Crippen LogP contribution in [0.4, 0.5) is 17.1 Å². The third-order valence-electron chi connectivity index (χ3n) is 12.7. The molecule has 11 aromatic carbocycles. The molecule has 1 aromatic heterocycles. The second kappa shape index (κ2) is 15.8. The van der Waals surface area contributed by atoms with Gasteiger partial charge in [0.05, 0.1) is 5.69 Å². The normalized spacial score (nSPS) is 11.4. The standard InChI is InChI=1S/C62H41NO/c1-2-18-42(19-3-1)48-23-6-8-26-52(48)55-29-10-11-30-56(55)53-27-9-7-24-49(53)43-36-38-46(39-37-43)63(60-41-45-20-4-5-25-50(45)54-28-12-13-31-57(54)60)47-22-16-21-44(40-47)51-33-17-34-59-58-32-14-15-35-61(58)64-62(51)59/h1-41H. The zero-order chi connectivity index (χ0) is 42.4. The van der Waals surface area contributed by atoms with Crippen molar-refractivity contribution in [3.05, 3.63) is 249 Å². The minimum atomic E-state index is 0.896. The predicted molar refractivity (Wildman–Crippen MR) is 271 cm³/mol. The molecule has 0 saturated carbocycles. The molecule has 0 fully saturated rings. The Kier molecular flexibility index (Phi) is 9.20. The number of benzene rings is 11. The third-order valence-corrected chi connectivity index (χ3v) is 12.7. The molecule has 2 heteroatoms. The first kappa shape index (κ1) is 37.3. The van der Waals surface area contributed by atoms with Gasteiger partial charge in [-0.15, -0.1) is 0 Å². The Hall–Kier alpha value is -8.46. The van der Waals surface area contributed by atoms with Crippen LogP contribution < -0.4 is 4.90 Å². The number of nitrogens with zero attached hydrogens (tertiary/aromatic N) is 1. The molecular formula is C62H41NO. The minimum absolute atomic E-state index is 0.896. The molecule has 0 aliphatic rings. The van der Waals surface area contributed by atoms with Crippen LogP contribution in [0.3, 0.4) is 0 Å². The lowest BCUT2D eigenvalue weighted by atomic mass is 9.87. The molecule has 0 atom stereocenters. The Morgan fingerprint density at radius 2 is 0.750 bits per heavy atom. The zero-order valence-corrected chi connectivity index (χ0v) is 35.0. The van der Waals surface area contributed by atoms with E-state index < -0.39 is 0 Å². The van der Waals surface area contributed by atoms with Crippen molar-refractivity contribution in [3.8, 4) is 55.6 Å². The van der Waals surface area contributed by atoms with Crippen molar-refractivity contribution in [2.24, 2.45) is 0 Å². The highest BCUT2D eigenvalue weighted by Gasteiger charge is 2.21. The number of hydrogen-bond acceptors (Lipinski definition) is 2. The molecule has 0 bridgehead atoms. The summed E-state index contributed by atoms with van der Waals surface area (Å²) in [6.45, 7) is 0. The maximum atomic E-state index is 6.56. The zero-order valence-electron chi connectivity index (χ0n) is 35.0. The molecule has 12 aromatic rings. The Balaban J connectivity index is 1.01. The molecule has 300 valence electrons. The molecule has 0 aliphatic carbocycles. The highest BCUT2D eigenvalue weighted by atomic mass is 16.3. The number of anilines is 3. The molecular weight excluding hydrogens is 775 g/mol. The van der Waals surface area contributed by atoms with Gasteiger partial charge in [0.15, 0.2) is 0 Å². The molecule has 0 aliphatic heterocycles. The largest absolute Gasteiger partial charge is 0.455 e. The molecule has 12 rings (SSSR count). The summed E-state index contributed by atoms with van der Waals surface area (Å²) in [7, 11) is 0. The summed E-state index contributed by atoms with van der Waals surface area (Å²) in [6.07, 6.45) is 0. The van der Waals surface area contributed by atoms with Crippen LogP contribution in [0.2, 0.25) is 0 Å². The molecule has 0 spiro atoms. The van der Waals surface area contributed by atoms with Crippen LogP contribution in [0.15, 0.2) is 253 Å². The molecule has 0 unspecified atom stereocenters. The van der Waals surface area contributed by atoms with E-state index in [2.05, 4.69) is 241 Å². The number of para-hydroxylation sites is 2. The van der Waals surface area contributed by atoms with E-state index in [1.807, 2.05) is 12.1 Å². The van der Waals surface area contributed by atoms with Crippen LogP contribution in [0.25, 0.3) is 99.1 Å². The van der Waals surface area contributed by atoms with Crippen molar-refractivity contribution in [3.63, 3.8) is 0 Å². The van der Waals surface area contributed by atoms with E-state index in [0.29, 0.717) is 0 Å². The van der Waals surface area contributed by atoms with Gasteiger partial charge in [0.2, 0.25) is 0 Å². The fourth-order valence-corrected chi connectivity index (χ4v) is 9.73. The first-order chi connectivity index (χ1) is 31.8. The van der Waals surface area contributed by atoms with Crippen LogP contribution >= 0.6 is 0 Å². The highest BCUT2D eigenvalue weighted by Crippen LogP contribution is 2.46. The Morgan fingerprint density at radius 3 is 1.45 bits per heavy atom. The van der Waals surface area contributed by atoms with E-state index in [0.717, 1.165) is 55.7 Å². The molecule has 0 N–H and O–H groups in total. The lowest BCUT2D eigenvalue weighted by Crippen LogP contribution is -2.11. The van der Waals surface area contributed by atoms with Gasteiger partial charge in [-0.1, -0.05) is 212 Å². The van der Waals surface area contributed by atoms with Gasteiger partial charge in [-0.2, -0.15) is 0 Å². The van der Waals surface area contributed by atoms with Crippen molar-refractivity contribution >= 4 is 60.5 Å². The van der Waals surface area contributed by atoms with Gasteiger partial charge in [-0.05, 0) is 103 Å². The second-order valence-corrected chi connectivity index (χ2v) is 16.4. The summed E-state index contributed by atoms with van der Waals surface area (Å²) in [4.78, 5) is 2.42. The lowest BCUT2D eigenvalue weighted by molar-refractivity contribution is 0.670. The first-order valence-corrected chi connectivity index (χ1v) is 21.9. The van der Waals surface area contributed by atoms with Gasteiger partial charge in [0.1, 0.15) is 11.2 Å². The summed E-state index contributed by atoms with van der Waals surface area (Å²) < 4.78 is 6.56. The Labute approximate surface area is 372 Å². The van der Waals surface area contributed by atoms with Gasteiger partial charge < -0.3 is 9.32 Å². The summed E-state index contributed by atoms with van der Waals surface area (Å²) in [5.41, 5.74) is 16.8. The Morgan fingerprint density at radius 1 is 0.266 bits per heavy atom. The van der Waals surface area contributed by atoms with Crippen LogP contribution in [0, 0.1) is 0 Å². The summed E-state index contributed by atoms with van der Waals surface area (Å²) >= 11 is 0. The van der Waals surface area contributed by atoms with Crippen molar-refractivity contribution in [2.75, 3.05) is 4.90 Å². The van der Waals surface area contributed by atoms with Gasteiger partial charge in [-0.25, -0.2) is 0 Å². The van der Waals surface area contributed by atoms with Crippen molar-refractivity contribution in [1.82, 2.24) is 0 Å². The monoisotopic (exact) mass is 815 g/mol. The second-order valence-electron chi connectivity index (χ2n) is 16.4. The average Bonchev–Trinajstić information content (AvgIpc) is 3.76. The molecule has 2 nitrogen and oxygen atoms in total. The summed E-state index contributed by atoms with van der Waals surface area (Å²) in [5, 5.41) is 7.10. The molecule has 0 radical (unpaired) electrons. The van der Waals surface area contributed by atoms with Crippen molar-refractivity contribution in [2.45, 2.75) is 0 Å². The van der Waals surface area contributed by atoms with Crippen LogP contribution in [0.5, 0.6) is 0 Å². The van der Waals surface area contributed by atoms with Gasteiger partial charge in [0.25, 0.3) is 0 Å². The van der Waals surface area contributed by atoms with E-state index in [9.17, 15) is 0 Å². The van der Waals surface area contributed by atoms with E-state index >= 15 is 0 Å². The maximum absolute atomic E-state index is 6.56. The highest BCUT2D eigenvalue weighted by molar-refractivity contribution is 6.15. The quantitative estimate of drug-likeness (QED) is 0.142. The minimum Gasteiger partial charge on any atom is -0.455 e. The van der Waals surface area contributed by atoms with Gasteiger partial charge >= 0.3 is 0 Å². The van der Waals surface area contributed by atoms with Crippen LogP contribution in [-0.2, 0) is 0 Å². The predicted octanol–water partition coefficient (Wildman–Crippen LogP) is 17.7. The number of fused-ring (bicyclic) bond motifs is 6. The van der Waals surface area contributed by atoms with Crippen molar-refractivity contribution in [1.29, 1.82) is 0 Å². The fourth-order valence-electron chi connectivity index (χ4n) is 9.73. The average molecular weight is 816 g/mol. The van der Waals surface area contributed by atoms with Crippen LogP contribution in [-0.4, -0.2) is 0 Å². The van der Waals surface area contributed by atoms with Gasteiger partial charge in [-0.3, -0.25) is 0 Å².